The molecule has 0 aliphatic rings. The maximum absolute atomic E-state index is 4.60. The van der Waals surface area contributed by atoms with Crippen molar-refractivity contribution in [1.82, 2.24) is 10.2 Å². The Morgan fingerprint density at radius 2 is 1.45 bits per heavy atom. The van der Waals surface area contributed by atoms with Crippen LogP contribution >= 0.6 is 0 Å². The second-order valence-electron chi connectivity index (χ2n) is 6.43. The van der Waals surface area contributed by atoms with Gasteiger partial charge in [0.1, 0.15) is 13.8 Å². The van der Waals surface area contributed by atoms with Gasteiger partial charge in [0.25, 0.3) is 0 Å². The first-order valence-corrected chi connectivity index (χ1v) is 11.0. The molecule has 0 saturated heterocycles. The summed E-state index contributed by atoms with van der Waals surface area (Å²) < 4.78 is 0. The predicted octanol–water partition coefficient (Wildman–Crippen LogP) is 4.37. The molecule has 22 heavy (non-hydrogen) atoms. The number of anilines is 2. The topological polar surface area (TPSA) is 40.7 Å². The van der Waals surface area contributed by atoms with Gasteiger partial charge in [0, 0.05) is 16.6 Å². The first-order valence-electron chi connectivity index (χ1n) is 7.52. The number of nitrogens with one attached hydrogen (secondary N) is 2. The van der Waals surface area contributed by atoms with Crippen molar-refractivity contribution in [2.45, 2.75) is 19.6 Å². The number of hydrogen-bond acceptors (Lipinski definition) is 2. The highest BCUT2D eigenvalue weighted by atomic mass is 28.3. The van der Waals surface area contributed by atoms with Crippen LogP contribution in [0.4, 0.5) is 11.4 Å². The van der Waals surface area contributed by atoms with Crippen LogP contribution < -0.4 is 10.6 Å². The van der Waals surface area contributed by atoms with E-state index in [1.54, 1.807) is 0 Å². The van der Waals surface area contributed by atoms with Crippen LogP contribution in [-0.2, 0) is 0 Å². The van der Waals surface area contributed by atoms with E-state index in [1.807, 2.05) is 36.4 Å². The van der Waals surface area contributed by atoms with Gasteiger partial charge in [-0.25, -0.2) is 0 Å². The molecule has 1 aromatic heterocycles. The molecule has 0 fully saturated rings. The van der Waals surface area contributed by atoms with Gasteiger partial charge < -0.3 is 5.32 Å². The summed E-state index contributed by atoms with van der Waals surface area (Å²) in [7, 11) is -1.52. The molecule has 112 valence electrons. The monoisotopic (exact) mass is 307 g/mol. The lowest BCUT2D eigenvalue weighted by Gasteiger charge is -2.18. The van der Waals surface area contributed by atoms with E-state index in [0.717, 1.165) is 22.6 Å². The van der Waals surface area contributed by atoms with E-state index in [2.05, 4.69) is 59.4 Å². The molecule has 1 heterocycles. The van der Waals surface area contributed by atoms with Crippen molar-refractivity contribution < 1.29 is 0 Å². The van der Waals surface area contributed by atoms with E-state index < -0.39 is 8.07 Å². The molecule has 0 aliphatic heterocycles. The Morgan fingerprint density at radius 3 is 2.05 bits per heavy atom. The number of H-pyrrole nitrogens is 1. The van der Waals surface area contributed by atoms with Gasteiger partial charge in [0.05, 0.1) is 5.69 Å². The van der Waals surface area contributed by atoms with E-state index in [0.29, 0.717) is 0 Å². The summed E-state index contributed by atoms with van der Waals surface area (Å²) in [6, 6.07) is 20.6. The lowest BCUT2D eigenvalue weighted by molar-refractivity contribution is 1.11. The number of aromatic amines is 1. The van der Waals surface area contributed by atoms with Gasteiger partial charge in [0.15, 0.2) is 0 Å². The molecule has 3 aromatic rings. The molecule has 3 rings (SSSR count). The van der Waals surface area contributed by atoms with Crippen LogP contribution in [-0.4, -0.2) is 18.3 Å². The molecule has 3 nitrogen and oxygen atoms in total. The minimum absolute atomic E-state index is 0.988. The average molecular weight is 307 g/mol. The summed E-state index contributed by atoms with van der Waals surface area (Å²) in [5, 5.41) is 12.7. The molecule has 0 amide bonds. The Hall–Kier alpha value is -2.33. The minimum Gasteiger partial charge on any atom is -0.353 e. The van der Waals surface area contributed by atoms with Gasteiger partial charge in [-0.05, 0) is 12.1 Å². The summed E-state index contributed by atoms with van der Waals surface area (Å²) in [6.45, 7) is 6.97. The van der Waals surface area contributed by atoms with Crippen LogP contribution in [0.5, 0.6) is 0 Å². The Labute approximate surface area is 132 Å². The number of rotatable bonds is 4. The standard InChI is InChI=1S/C18H21N3Si/c1-22(2,3)18-17(19-15-12-8-5-9-13-15)16(20-21-18)14-10-6-4-7-11-14/h4-13,19H,1-3H3,(H,20,21). The van der Waals surface area contributed by atoms with E-state index in [-0.39, 0.29) is 0 Å². The van der Waals surface area contributed by atoms with Crippen LogP contribution in [0.15, 0.2) is 60.7 Å². The largest absolute Gasteiger partial charge is 0.353 e. The molecule has 0 unspecified atom stereocenters. The summed E-state index contributed by atoms with van der Waals surface area (Å²) in [6.07, 6.45) is 0. The third-order valence-corrected chi connectivity index (χ3v) is 5.47. The highest BCUT2D eigenvalue weighted by molar-refractivity contribution is 6.89. The number of aromatic nitrogens is 2. The zero-order chi connectivity index (χ0) is 15.6. The van der Waals surface area contributed by atoms with Crippen molar-refractivity contribution in [3.05, 3.63) is 60.7 Å². The number of benzene rings is 2. The number of nitrogens with zero attached hydrogens (tertiary/aromatic N) is 1. The highest BCUT2D eigenvalue weighted by Crippen LogP contribution is 2.28. The summed E-state index contributed by atoms with van der Waals surface area (Å²) >= 11 is 0. The van der Waals surface area contributed by atoms with Gasteiger partial charge in [0.2, 0.25) is 0 Å². The van der Waals surface area contributed by atoms with Crippen LogP contribution in [0, 0.1) is 0 Å². The second kappa shape index (κ2) is 5.81. The average Bonchev–Trinajstić information content (AvgIpc) is 2.93. The van der Waals surface area contributed by atoms with E-state index in [4.69, 9.17) is 0 Å². The predicted molar refractivity (Wildman–Crippen MR) is 96.7 cm³/mol. The fourth-order valence-corrected chi connectivity index (χ4v) is 3.80. The van der Waals surface area contributed by atoms with Crippen LogP contribution in [0.2, 0.25) is 19.6 Å². The first kappa shape index (κ1) is 14.6. The van der Waals surface area contributed by atoms with E-state index in [1.165, 1.54) is 5.32 Å². The fraction of sp³-hybridized carbons (Fsp3) is 0.167. The SMILES string of the molecule is C[Si](C)(C)c1[nH]nc(-c2ccccc2)c1Nc1ccccc1. The Balaban J connectivity index is 2.10. The fourth-order valence-electron chi connectivity index (χ4n) is 2.48. The third-order valence-electron chi connectivity index (χ3n) is 3.61. The first-order chi connectivity index (χ1) is 10.6. The normalized spacial score (nSPS) is 11.4. The molecule has 2 aromatic carbocycles. The zero-order valence-corrected chi connectivity index (χ0v) is 14.2. The highest BCUT2D eigenvalue weighted by Gasteiger charge is 2.26. The van der Waals surface area contributed by atoms with Gasteiger partial charge in [-0.15, -0.1) is 0 Å². The Morgan fingerprint density at radius 1 is 0.864 bits per heavy atom. The van der Waals surface area contributed by atoms with Crippen molar-refractivity contribution in [3.63, 3.8) is 0 Å². The number of hydrogen-bond donors (Lipinski definition) is 2. The van der Waals surface area contributed by atoms with Crippen molar-refractivity contribution >= 4 is 24.8 Å². The van der Waals surface area contributed by atoms with E-state index >= 15 is 0 Å². The van der Waals surface area contributed by atoms with Crippen molar-refractivity contribution in [2.75, 3.05) is 5.32 Å². The van der Waals surface area contributed by atoms with Crippen LogP contribution in [0.3, 0.4) is 0 Å². The zero-order valence-electron chi connectivity index (χ0n) is 13.2. The molecule has 0 radical (unpaired) electrons. The van der Waals surface area contributed by atoms with Gasteiger partial charge in [-0.2, -0.15) is 5.10 Å². The van der Waals surface area contributed by atoms with Gasteiger partial charge >= 0.3 is 0 Å². The molecular weight excluding hydrogens is 286 g/mol. The molecule has 0 spiro atoms. The maximum atomic E-state index is 4.60. The summed E-state index contributed by atoms with van der Waals surface area (Å²) in [5.41, 5.74) is 4.31. The smallest absolute Gasteiger partial charge is 0.115 e. The molecule has 2 N–H and O–H groups in total. The molecule has 0 aliphatic carbocycles. The molecule has 0 saturated carbocycles. The maximum Gasteiger partial charge on any atom is 0.115 e. The summed E-state index contributed by atoms with van der Waals surface area (Å²) in [5.74, 6) is 0. The quantitative estimate of drug-likeness (QED) is 0.703. The number of para-hydroxylation sites is 1. The second-order valence-corrected chi connectivity index (χ2v) is 11.4. The molecule has 4 heteroatoms. The van der Waals surface area contributed by atoms with Crippen LogP contribution in [0.1, 0.15) is 0 Å². The molecular formula is C18H21N3Si. The van der Waals surface area contributed by atoms with Crippen molar-refractivity contribution in [1.29, 1.82) is 0 Å². The third kappa shape index (κ3) is 2.97. The minimum atomic E-state index is -1.52. The van der Waals surface area contributed by atoms with Gasteiger partial charge in [-0.1, -0.05) is 68.2 Å². The molecule has 0 bridgehead atoms. The van der Waals surface area contributed by atoms with E-state index in [9.17, 15) is 0 Å². The van der Waals surface area contributed by atoms with Crippen molar-refractivity contribution in [3.8, 4) is 11.3 Å². The lowest BCUT2D eigenvalue weighted by atomic mass is 10.1. The lowest BCUT2D eigenvalue weighted by Crippen LogP contribution is -2.40. The van der Waals surface area contributed by atoms with Crippen LogP contribution in [0.25, 0.3) is 11.3 Å². The Bertz CT molecular complexity index is 743. The summed E-state index contributed by atoms with van der Waals surface area (Å²) in [4.78, 5) is 0. The Kier molecular flexibility index (Phi) is 3.86. The van der Waals surface area contributed by atoms with Gasteiger partial charge in [-0.3, -0.25) is 5.10 Å². The van der Waals surface area contributed by atoms with Crippen molar-refractivity contribution in [2.24, 2.45) is 0 Å². The molecule has 0 atom stereocenters.